The van der Waals surface area contributed by atoms with Crippen LogP contribution < -0.4 is 0 Å². The van der Waals surface area contributed by atoms with Crippen molar-refractivity contribution in [1.29, 1.82) is 0 Å². The minimum Gasteiger partial charge on any atom is -0.467 e. The summed E-state index contributed by atoms with van der Waals surface area (Å²) in [4.78, 5) is 54.7. The second-order valence-corrected chi connectivity index (χ2v) is 4.66. The Bertz CT molecular complexity index is 527. The Kier molecular flexibility index (Phi) is 7.77. The molecule has 0 aromatic heterocycles. The molecule has 1 aliphatic rings. The van der Waals surface area contributed by atoms with Gasteiger partial charge >= 0.3 is 5.97 Å². The van der Waals surface area contributed by atoms with Crippen LogP contribution in [-0.2, 0) is 23.8 Å². The molecule has 24 heavy (non-hydrogen) atoms. The Hall–Kier alpha value is -2.54. The summed E-state index contributed by atoms with van der Waals surface area (Å²) in [5, 5.41) is 14.9. The van der Waals surface area contributed by atoms with E-state index < -0.39 is 55.5 Å². The number of ether oxygens (including phenoxy) is 3. The molecule has 0 bridgehead atoms. The van der Waals surface area contributed by atoms with E-state index in [2.05, 4.69) is 30.5 Å². The monoisotopic (exact) mass is 345 g/mol. The van der Waals surface area contributed by atoms with Crippen LogP contribution >= 0.6 is 0 Å². The van der Waals surface area contributed by atoms with E-state index in [1.807, 2.05) is 0 Å². The second-order valence-electron chi connectivity index (χ2n) is 4.66. The third kappa shape index (κ3) is 4.99. The normalized spacial score (nSPS) is 29.8. The van der Waals surface area contributed by atoms with Crippen LogP contribution in [0.4, 0.5) is 0 Å². The molecule has 0 radical (unpaired) electrons. The molecular weight excluding hydrogens is 330 g/mol. The Balaban J connectivity index is 3.09. The Morgan fingerprint density at radius 3 is 2.25 bits per heavy atom. The molecule has 13 nitrogen and oxygen atoms in total. The van der Waals surface area contributed by atoms with Gasteiger partial charge in [0, 0.05) is 6.92 Å². The molecule has 5 atom stereocenters. The summed E-state index contributed by atoms with van der Waals surface area (Å²) in [7, 11) is 1.13. The van der Waals surface area contributed by atoms with Gasteiger partial charge in [-0.25, -0.2) is 4.79 Å². The number of carbonyl (C=O) groups excluding carboxylic acids is 2. The van der Waals surface area contributed by atoms with E-state index >= 15 is 0 Å². The number of methoxy groups -OCH3 is 1. The average Bonchev–Trinajstić information content (AvgIpc) is 2.57. The molecule has 1 rings (SSSR count). The maximum absolute atomic E-state index is 11.2. The van der Waals surface area contributed by atoms with Crippen molar-refractivity contribution in [2.75, 3.05) is 20.3 Å². The van der Waals surface area contributed by atoms with Gasteiger partial charge in [-0.1, -0.05) is 15.5 Å². The number of hydrogen-bond acceptors (Lipinski definition) is 12. The summed E-state index contributed by atoms with van der Waals surface area (Å²) >= 11 is 0. The maximum Gasteiger partial charge on any atom is 0.331 e. The summed E-state index contributed by atoms with van der Waals surface area (Å²) in [6.45, 7) is 0.0335. The highest BCUT2D eigenvalue weighted by Crippen LogP contribution is 2.29. The van der Waals surface area contributed by atoms with E-state index in [9.17, 15) is 24.3 Å². The third-order valence-electron chi connectivity index (χ3n) is 3.09. The number of hydrogen-bond donors (Lipinski definition) is 0. The highest BCUT2D eigenvalue weighted by Gasteiger charge is 2.49. The van der Waals surface area contributed by atoms with Crippen molar-refractivity contribution in [2.24, 2.45) is 25.8 Å². The minimum absolute atomic E-state index is 0.503. The number of nitrogens with zero attached hydrogens (tertiary/aromatic N) is 5. The first-order chi connectivity index (χ1) is 11.5. The lowest BCUT2D eigenvalue weighted by atomic mass is 9.93. The molecule has 1 aliphatic heterocycles. The molecule has 0 aromatic rings. The van der Waals surface area contributed by atoms with Crippen molar-refractivity contribution in [2.45, 2.75) is 37.4 Å². The smallest absolute Gasteiger partial charge is 0.331 e. The van der Waals surface area contributed by atoms with Crippen LogP contribution in [0.1, 0.15) is 6.92 Å². The first-order valence-corrected chi connectivity index (χ1v) is 6.67. The van der Waals surface area contributed by atoms with Crippen LogP contribution in [0.15, 0.2) is 25.8 Å². The largest absolute Gasteiger partial charge is 0.467 e. The highest BCUT2D eigenvalue weighted by molar-refractivity contribution is 5.73. The summed E-state index contributed by atoms with van der Waals surface area (Å²) in [6.07, 6.45) is -2.59. The fraction of sp³-hybridized carbons (Fsp3) is 0.818. The topological polar surface area (TPSA) is 175 Å². The van der Waals surface area contributed by atoms with Gasteiger partial charge in [-0.3, -0.25) is 4.79 Å². The quantitative estimate of drug-likeness (QED) is 0.343. The van der Waals surface area contributed by atoms with Crippen molar-refractivity contribution in [3.05, 3.63) is 14.7 Å². The fourth-order valence-corrected chi connectivity index (χ4v) is 2.01. The van der Waals surface area contributed by atoms with E-state index in [0.717, 1.165) is 14.0 Å². The second kappa shape index (κ2) is 9.57. The number of rotatable bonds is 8. The van der Waals surface area contributed by atoms with Gasteiger partial charge in [0.15, 0.2) is 12.3 Å². The standard InChI is InChI=1S/C11H15N5O8/c1-5(17)13-14-10-9(16-21)8(15-20)6(3-12-19)24-11(10)23-4-7(18)22-2/h6,8-11H,3-4H2,1-2H3. The molecule has 1 fully saturated rings. The SMILES string of the molecule is COC(=O)COC1OC(CN=O)C(N=O)C(N=O)C1N=NC(C)=O. The molecule has 1 heterocycles. The first kappa shape index (κ1) is 19.5. The molecule has 0 N–H and O–H groups in total. The van der Waals surface area contributed by atoms with Crippen LogP contribution in [0.3, 0.4) is 0 Å². The van der Waals surface area contributed by atoms with Gasteiger partial charge in [0.1, 0.15) is 31.3 Å². The van der Waals surface area contributed by atoms with Crippen molar-refractivity contribution >= 4 is 11.9 Å². The molecule has 1 amide bonds. The van der Waals surface area contributed by atoms with Crippen molar-refractivity contribution in [3.8, 4) is 0 Å². The Labute approximate surface area is 135 Å². The number of amides is 1. The highest BCUT2D eigenvalue weighted by atomic mass is 16.7. The van der Waals surface area contributed by atoms with Gasteiger partial charge in [0.25, 0.3) is 5.91 Å². The number of azo groups is 1. The van der Waals surface area contributed by atoms with Gasteiger partial charge in [0.05, 0.1) is 7.11 Å². The molecule has 1 saturated heterocycles. The van der Waals surface area contributed by atoms with Gasteiger partial charge in [-0.2, -0.15) is 19.8 Å². The van der Waals surface area contributed by atoms with E-state index in [-0.39, 0.29) is 0 Å². The summed E-state index contributed by atoms with van der Waals surface area (Å²) in [6, 6.07) is -4.12. The maximum atomic E-state index is 11.2. The zero-order chi connectivity index (χ0) is 18.1. The Morgan fingerprint density at radius 1 is 1.08 bits per heavy atom. The van der Waals surface area contributed by atoms with Crippen LogP contribution in [-0.4, -0.2) is 62.7 Å². The van der Waals surface area contributed by atoms with Crippen LogP contribution in [0.5, 0.6) is 0 Å². The summed E-state index contributed by atoms with van der Waals surface area (Å²) in [5.74, 6) is -1.43. The predicted octanol–water partition coefficient (Wildman–Crippen LogP) is 0.305. The van der Waals surface area contributed by atoms with Crippen LogP contribution in [0.25, 0.3) is 0 Å². The first-order valence-electron chi connectivity index (χ1n) is 6.67. The average molecular weight is 345 g/mol. The predicted molar refractivity (Wildman–Crippen MR) is 75.8 cm³/mol. The molecule has 0 aliphatic carbocycles. The van der Waals surface area contributed by atoms with E-state index in [1.54, 1.807) is 0 Å². The van der Waals surface area contributed by atoms with Crippen molar-refractivity contribution < 1.29 is 23.8 Å². The number of esters is 1. The lowest BCUT2D eigenvalue weighted by Crippen LogP contribution is -2.57. The molecule has 13 heteroatoms. The summed E-state index contributed by atoms with van der Waals surface area (Å²) < 4.78 is 14.8. The molecular formula is C11H15N5O8. The minimum atomic E-state index is -1.42. The molecule has 0 saturated carbocycles. The van der Waals surface area contributed by atoms with Crippen molar-refractivity contribution in [1.82, 2.24) is 0 Å². The molecule has 0 spiro atoms. The molecule has 0 aromatic carbocycles. The molecule has 132 valence electrons. The van der Waals surface area contributed by atoms with Gasteiger partial charge in [-0.05, 0) is 0 Å². The lowest BCUT2D eigenvalue weighted by Gasteiger charge is -2.37. The van der Waals surface area contributed by atoms with Crippen molar-refractivity contribution in [3.63, 3.8) is 0 Å². The lowest BCUT2D eigenvalue weighted by molar-refractivity contribution is -0.213. The number of nitroso groups, excluding NO2 is 3. The fourth-order valence-electron chi connectivity index (χ4n) is 2.01. The molecule has 5 unspecified atom stereocenters. The Morgan fingerprint density at radius 2 is 1.75 bits per heavy atom. The van der Waals surface area contributed by atoms with E-state index in [4.69, 9.17) is 9.47 Å². The van der Waals surface area contributed by atoms with Crippen LogP contribution in [0.2, 0.25) is 0 Å². The van der Waals surface area contributed by atoms with Crippen LogP contribution in [0, 0.1) is 14.7 Å². The zero-order valence-electron chi connectivity index (χ0n) is 12.8. The third-order valence-corrected chi connectivity index (χ3v) is 3.09. The van der Waals surface area contributed by atoms with Gasteiger partial charge in [-0.15, -0.1) is 5.11 Å². The van der Waals surface area contributed by atoms with Gasteiger partial charge in [0.2, 0.25) is 0 Å². The number of carbonyl (C=O) groups is 2. The zero-order valence-corrected chi connectivity index (χ0v) is 12.8. The van der Waals surface area contributed by atoms with Gasteiger partial charge < -0.3 is 14.2 Å². The summed E-state index contributed by atoms with van der Waals surface area (Å²) in [5.41, 5.74) is 0. The van der Waals surface area contributed by atoms with E-state index in [1.165, 1.54) is 0 Å². The van der Waals surface area contributed by atoms with E-state index in [0.29, 0.717) is 0 Å².